The average molecular weight is 161 g/mol. The van der Waals surface area contributed by atoms with Crippen molar-refractivity contribution in [2.75, 3.05) is 0 Å². The van der Waals surface area contributed by atoms with Crippen LogP contribution < -0.4 is 5.11 Å². The molecule has 0 N–H and O–H groups in total. The molecule has 0 aromatic heterocycles. The van der Waals surface area contributed by atoms with Gasteiger partial charge in [-0.3, -0.25) is 0 Å². The second-order valence-corrected chi connectivity index (χ2v) is 2.56. The van der Waals surface area contributed by atoms with E-state index in [0.29, 0.717) is 0 Å². The minimum Gasteiger partial charge on any atom is -0.545 e. The molecule has 2 heteroatoms. The highest BCUT2D eigenvalue weighted by molar-refractivity contribution is 5.83. The van der Waals surface area contributed by atoms with Crippen LogP contribution in [0.5, 0.6) is 0 Å². The minimum absolute atomic E-state index is 0.866. The summed E-state index contributed by atoms with van der Waals surface area (Å²) in [5.41, 5.74) is 2.02. The van der Waals surface area contributed by atoms with E-state index in [0.717, 1.165) is 17.2 Å². The number of hydrogen-bond acceptors (Lipinski definition) is 2. The molecule has 0 amide bonds. The van der Waals surface area contributed by atoms with Crippen molar-refractivity contribution in [3.05, 3.63) is 41.5 Å². The van der Waals surface area contributed by atoms with Crippen molar-refractivity contribution in [2.45, 2.75) is 6.92 Å². The molecule has 12 heavy (non-hydrogen) atoms. The Morgan fingerprint density at radius 3 is 2.42 bits per heavy atom. The number of carbonyl (C=O) groups excluding carboxylic acids is 1. The summed E-state index contributed by atoms with van der Waals surface area (Å²) >= 11 is 0. The smallest absolute Gasteiger partial charge is 0.0643 e. The molecule has 0 saturated carbocycles. The fraction of sp³-hybridized carbons (Fsp3) is 0.100. The van der Waals surface area contributed by atoms with Crippen LogP contribution in [0.3, 0.4) is 0 Å². The predicted octanol–water partition coefficient (Wildman–Crippen LogP) is 0.758. The largest absolute Gasteiger partial charge is 0.545 e. The van der Waals surface area contributed by atoms with Gasteiger partial charge in [0.2, 0.25) is 0 Å². The Kier molecular flexibility index (Phi) is 2.64. The van der Waals surface area contributed by atoms with Crippen LogP contribution in [0.2, 0.25) is 0 Å². The summed E-state index contributed by atoms with van der Waals surface area (Å²) in [6.07, 6.45) is 2.53. The molecule has 0 radical (unpaired) electrons. The normalized spacial score (nSPS) is 10.4. The van der Waals surface area contributed by atoms with E-state index in [-0.39, 0.29) is 0 Å². The van der Waals surface area contributed by atoms with E-state index < -0.39 is 5.97 Å². The fourth-order valence-corrected chi connectivity index (χ4v) is 0.842. The maximum Gasteiger partial charge on any atom is 0.0643 e. The third-order valence-electron chi connectivity index (χ3n) is 1.49. The number of aliphatic carboxylic acids is 1. The molecule has 0 fully saturated rings. The highest BCUT2D eigenvalue weighted by Gasteiger charge is 1.85. The predicted molar refractivity (Wildman–Crippen MR) is 45.2 cm³/mol. The molecule has 0 saturated heterocycles. The van der Waals surface area contributed by atoms with Gasteiger partial charge in [-0.25, -0.2) is 0 Å². The maximum atomic E-state index is 10.0. The first-order chi connectivity index (χ1) is 5.68. The van der Waals surface area contributed by atoms with Crippen LogP contribution in [0.4, 0.5) is 0 Å². The molecule has 2 nitrogen and oxygen atoms in total. The number of carbonyl (C=O) groups is 1. The number of aryl methyl sites for hydroxylation is 1. The first kappa shape index (κ1) is 8.53. The molecule has 0 aliphatic heterocycles. The van der Waals surface area contributed by atoms with E-state index in [4.69, 9.17) is 0 Å². The Morgan fingerprint density at radius 1 is 1.33 bits per heavy atom. The van der Waals surface area contributed by atoms with E-state index in [1.54, 1.807) is 0 Å². The lowest BCUT2D eigenvalue weighted by Gasteiger charge is -1.94. The highest BCUT2D eigenvalue weighted by Crippen LogP contribution is 2.04. The van der Waals surface area contributed by atoms with E-state index in [1.165, 1.54) is 6.08 Å². The SMILES string of the molecule is Cc1ccc(C=CC(=O)[O-])cc1. The molecule has 0 heterocycles. The monoisotopic (exact) mass is 161 g/mol. The van der Waals surface area contributed by atoms with Gasteiger partial charge < -0.3 is 9.90 Å². The van der Waals surface area contributed by atoms with Crippen LogP contribution in [0.25, 0.3) is 6.08 Å². The van der Waals surface area contributed by atoms with Gasteiger partial charge in [-0.15, -0.1) is 0 Å². The standard InChI is InChI=1S/C10H10O2/c1-8-2-4-9(5-3-8)6-7-10(11)12/h2-7H,1H3,(H,11,12)/p-1. The summed E-state index contributed by atoms with van der Waals surface area (Å²) in [6, 6.07) is 7.56. The Bertz CT molecular complexity index is 296. The quantitative estimate of drug-likeness (QED) is 0.601. The van der Waals surface area contributed by atoms with Crippen molar-refractivity contribution in [1.29, 1.82) is 0 Å². The second-order valence-electron chi connectivity index (χ2n) is 2.56. The van der Waals surface area contributed by atoms with Crippen LogP contribution in [-0.2, 0) is 4.79 Å². The van der Waals surface area contributed by atoms with Crippen molar-refractivity contribution < 1.29 is 9.90 Å². The van der Waals surface area contributed by atoms with E-state index >= 15 is 0 Å². The van der Waals surface area contributed by atoms with Gasteiger partial charge >= 0.3 is 0 Å². The topological polar surface area (TPSA) is 40.1 Å². The molecule has 0 unspecified atom stereocenters. The van der Waals surface area contributed by atoms with E-state index in [2.05, 4.69) is 0 Å². The van der Waals surface area contributed by atoms with Gasteiger partial charge in [0.05, 0.1) is 5.97 Å². The van der Waals surface area contributed by atoms with Gasteiger partial charge in [-0.1, -0.05) is 35.9 Å². The minimum atomic E-state index is -1.17. The Morgan fingerprint density at radius 2 is 1.92 bits per heavy atom. The summed E-state index contributed by atoms with van der Waals surface area (Å²) in [7, 11) is 0. The third-order valence-corrected chi connectivity index (χ3v) is 1.49. The lowest BCUT2D eigenvalue weighted by Crippen LogP contribution is -2.18. The Balaban J connectivity index is 2.77. The zero-order valence-electron chi connectivity index (χ0n) is 6.78. The van der Waals surface area contributed by atoms with Crippen molar-refractivity contribution in [3.63, 3.8) is 0 Å². The molecular formula is C10H9O2-. The van der Waals surface area contributed by atoms with Gasteiger partial charge in [0.1, 0.15) is 0 Å². The number of carboxylic acids is 1. The van der Waals surface area contributed by atoms with E-state index in [9.17, 15) is 9.90 Å². The average Bonchev–Trinajstić information content (AvgIpc) is 2.03. The Labute approximate surface area is 71.2 Å². The van der Waals surface area contributed by atoms with Crippen molar-refractivity contribution in [2.24, 2.45) is 0 Å². The first-order valence-corrected chi connectivity index (χ1v) is 3.64. The first-order valence-electron chi connectivity index (χ1n) is 3.64. The summed E-state index contributed by atoms with van der Waals surface area (Å²) in [4.78, 5) is 10.0. The molecule has 0 atom stereocenters. The van der Waals surface area contributed by atoms with Gasteiger partial charge in [0.25, 0.3) is 0 Å². The summed E-state index contributed by atoms with van der Waals surface area (Å²) in [5.74, 6) is -1.17. The summed E-state index contributed by atoms with van der Waals surface area (Å²) < 4.78 is 0. The fourth-order valence-electron chi connectivity index (χ4n) is 0.842. The molecule has 1 rings (SSSR count). The summed E-state index contributed by atoms with van der Waals surface area (Å²) in [5, 5.41) is 10.0. The molecule has 62 valence electrons. The molecule has 0 aliphatic rings. The van der Waals surface area contributed by atoms with Crippen LogP contribution >= 0.6 is 0 Å². The van der Waals surface area contributed by atoms with Crippen molar-refractivity contribution in [1.82, 2.24) is 0 Å². The van der Waals surface area contributed by atoms with E-state index in [1.807, 2.05) is 31.2 Å². The zero-order valence-corrected chi connectivity index (χ0v) is 6.78. The highest BCUT2D eigenvalue weighted by atomic mass is 16.4. The molecule has 1 aromatic rings. The van der Waals surface area contributed by atoms with Gasteiger partial charge in [0, 0.05) is 0 Å². The van der Waals surface area contributed by atoms with Crippen LogP contribution in [0.15, 0.2) is 30.3 Å². The lowest BCUT2D eigenvalue weighted by atomic mass is 10.1. The molecule has 1 aromatic carbocycles. The van der Waals surface area contributed by atoms with Crippen molar-refractivity contribution in [3.8, 4) is 0 Å². The van der Waals surface area contributed by atoms with Gasteiger partial charge in [-0.2, -0.15) is 0 Å². The number of benzene rings is 1. The number of hydrogen-bond donors (Lipinski definition) is 0. The maximum absolute atomic E-state index is 10.0. The van der Waals surface area contributed by atoms with Crippen LogP contribution in [-0.4, -0.2) is 5.97 Å². The second kappa shape index (κ2) is 3.72. The molecule has 0 spiro atoms. The number of rotatable bonds is 2. The third kappa shape index (κ3) is 2.58. The Hall–Kier alpha value is -1.57. The molecule has 0 aliphatic carbocycles. The van der Waals surface area contributed by atoms with Crippen LogP contribution in [0, 0.1) is 6.92 Å². The number of carboxylic acid groups (broad SMARTS) is 1. The molecule has 0 bridgehead atoms. The zero-order chi connectivity index (χ0) is 8.97. The van der Waals surface area contributed by atoms with Crippen molar-refractivity contribution >= 4 is 12.0 Å². The molecular weight excluding hydrogens is 152 g/mol. The van der Waals surface area contributed by atoms with Gasteiger partial charge in [-0.05, 0) is 18.6 Å². The van der Waals surface area contributed by atoms with Gasteiger partial charge in [0.15, 0.2) is 0 Å². The summed E-state index contributed by atoms with van der Waals surface area (Å²) in [6.45, 7) is 1.98. The lowest BCUT2D eigenvalue weighted by molar-refractivity contribution is -0.297. The van der Waals surface area contributed by atoms with Crippen LogP contribution in [0.1, 0.15) is 11.1 Å².